The fraction of sp³-hybridized carbons (Fsp3) is 0.400. The van der Waals surface area contributed by atoms with E-state index in [0.29, 0.717) is 17.8 Å². The summed E-state index contributed by atoms with van der Waals surface area (Å²) in [4.78, 5) is 35.6. The Hall–Kier alpha value is -2.28. The van der Waals surface area contributed by atoms with Crippen LogP contribution in [0.15, 0.2) is 24.3 Å². The molecule has 0 bridgehead atoms. The van der Waals surface area contributed by atoms with Crippen LogP contribution in [0.25, 0.3) is 0 Å². The fourth-order valence-corrected chi connectivity index (χ4v) is 2.38. The van der Waals surface area contributed by atoms with Gasteiger partial charge in [0.15, 0.2) is 5.78 Å². The van der Waals surface area contributed by atoms with Crippen molar-refractivity contribution in [2.45, 2.75) is 19.0 Å². The maximum atomic E-state index is 14.0. The Balaban J connectivity index is 1.88. The minimum absolute atomic E-state index is 0.00290. The number of likely N-dealkylation sites (tertiary alicyclic amines) is 1. The summed E-state index contributed by atoms with van der Waals surface area (Å²) in [7, 11) is 0. The monoisotopic (exact) mass is 307 g/mol. The van der Waals surface area contributed by atoms with Gasteiger partial charge in [0.1, 0.15) is 0 Å². The molecule has 1 aliphatic heterocycles. The molecule has 6 nitrogen and oxygen atoms in total. The van der Waals surface area contributed by atoms with E-state index in [1.807, 2.05) is 0 Å². The van der Waals surface area contributed by atoms with Crippen LogP contribution in [0.2, 0.25) is 0 Å². The number of halogens is 1. The van der Waals surface area contributed by atoms with Gasteiger partial charge in [-0.25, -0.2) is 4.39 Å². The molecule has 118 valence electrons. The number of carbonyl (C=O) groups excluding carboxylic acids is 3. The quantitative estimate of drug-likeness (QED) is 0.784. The van der Waals surface area contributed by atoms with E-state index in [1.54, 1.807) is 29.2 Å². The highest BCUT2D eigenvalue weighted by atomic mass is 19.1. The SMILES string of the molecule is CC(=O)c1ccc(NC(=O)CN2CCC(F)(C(N)=O)C2)cc1. The number of ketones is 1. The molecule has 1 atom stereocenters. The Kier molecular flexibility index (Phi) is 4.56. The number of carbonyl (C=O) groups is 3. The van der Waals surface area contributed by atoms with Crippen LogP contribution >= 0.6 is 0 Å². The third-order valence-electron chi connectivity index (χ3n) is 3.68. The summed E-state index contributed by atoms with van der Waals surface area (Å²) < 4.78 is 14.0. The van der Waals surface area contributed by atoms with Gasteiger partial charge >= 0.3 is 0 Å². The Morgan fingerprint density at radius 3 is 2.45 bits per heavy atom. The third-order valence-corrected chi connectivity index (χ3v) is 3.68. The first-order valence-electron chi connectivity index (χ1n) is 6.92. The van der Waals surface area contributed by atoms with Crippen molar-refractivity contribution in [1.29, 1.82) is 0 Å². The van der Waals surface area contributed by atoms with Crippen LogP contribution in [0.1, 0.15) is 23.7 Å². The maximum absolute atomic E-state index is 14.0. The molecule has 3 N–H and O–H groups in total. The largest absolute Gasteiger partial charge is 0.367 e. The lowest BCUT2D eigenvalue weighted by Gasteiger charge is -2.17. The first kappa shape index (κ1) is 16.1. The van der Waals surface area contributed by atoms with Gasteiger partial charge in [0.25, 0.3) is 5.91 Å². The van der Waals surface area contributed by atoms with E-state index in [2.05, 4.69) is 5.32 Å². The molecule has 0 aliphatic carbocycles. The number of nitrogens with one attached hydrogen (secondary N) is 1. The smallest absolute Gasteiger partial charge is 0.256 e. The summed E-state index contributed by atoms with van der Waals surface area (Å²) >= 11 is 0. The summed E-state index contributed by atoms with van der Waals surface area (Å²) in [6.07, 6.45) is 0.00290. The third kappa shape index (κ3) is 3.67. The number of primary amides is 1. The second-order valence-electron chi connectivity index (χ2n) is 5.47. The number of hydrogen-bond donors (Lipinski definition) is 2. The molecule has 1 unspecified atom stereocenters. The van der Waals surface area contributed by atoms with Crippen LogP contribution in [0.3, 0.4) is 0 Å². The zero-order valence-corrected chi connectivity index (χ0v) is 12.3. The molecule has 0 aromatic heterocycles. The number of benzene rings is 1. The zero-order chi connectivity index (χ0) is 16.3. The summed E-state index contributed by atoms with van der Waals surface area (Å²) in [6.45, 7) is 1.57. The van der Waals surface area contributed by atoms with Crippen molar-refractivity contribution < 1.29 is 18.8 Å². The summed E-state index contributed by atoms with van der Waals surface area (Å²) in [5.41, 5.74) is 4.07. The van der Waals surface area contributed by atoms with Gasteiger partial charge in [-0.05, 0) is 31.2 Å². The number of nitrogens with two attached hydrogens (primary N) is 1. The van der Waals surface area contributed by atoms with Gasteiger partial charge in [-0.1, -0.05) is 0 Å². The topological polar surface area (TPSA) is 92.5 Å². The van der Waals surface area contributed by atoms with E-state index < -0.39 is 11.6 Å². The van der Waals surface area contributed by atoms with E-state index in [0.717, 1.165) is 0 Å². The summed E-state index contributed by atoms with van der Waals surface area (Å²) in [5.74, 6) is -1.36. The average molecular weight is 307 g/mol. The van der Waals surface area contributed by atoms with Crippen LogP contribution in [0.4, 0.5) is 10.1 Å². The van der Waals surface area contributed by atoms with Gasteiger partial charge in [0, 0.05) is 30.8 Å². The fourth-order valence-electron chi connectivity index (χ4n) is 2.38. The van der Waals surface area contributed by atoms with Crippen LogP contribution in [-0.4, -0.2) is 47.8 Å². The van der Waals surface area contributed by atoms with Crippen LogP contribution in [-0.2, 0) is 9.59 Å². The van der Waals surface area contributed by atoms with E-state index in [1.165, 1.54) is 6.92 Å². The Bertz CT molecular complexity index is 603. The average Bonchev–Trinajstić information content (AvgIpc) is 2.82. The first-order valence-corrected chi connectivity index (χ1v) is 6.92. The van der Waals surface area contributed by atoms with Gasteiger partial charge in [0.05, 0.1) is 6.54 Å². The molecule has 2 rings (SSSR count). The number of rotatable bonds is 5. The van der Waals surface area contributed by atoms with Gasteiger partial charge in [-0.2, -0.15) is 0 Å². The Labute approximate surface area is 127 Å². The van der Waals surface area contributed by atoms with E-state index in [4.69, 9.17) is 5.73 Å². The standard InChI is InChI=1S/C15H18FN3O3/c1-10(20)11-2-4-12(5-3-11)18-13(21)8-19-7-6-15(16,9-19)14(17)22/h2-5H,6-9H2,1H3,(H2,17,22)(H,18,21). The molecule has 1 saturated heterocycles. The van der Waals surface area contributed by atoms with Crippen molar-refractivity contribution in [2.75, 3.05) is 25.0 Å². The molecule has 0 saturated carbocycles. The van der Waals surface area contributed by atoms with Gasteiger partial charge in [-0.3, -0.25) is 19.3 Å². The molecule has 0 spiro atoms. The van der Waals surface area contributed by atoms with Gasteiger partial charge in [-0.15, -0.1) is 0 Å². The Morgan fingerprint density at radius 1 is 1.32 bits per heavy atom. The lowest BCUT2D eigenvalue weighted by molar-refractivity contribution is -0.129. The molecule has 0 radical (unpaired) electrons. The van der Waals surface area contributed by atoms with Crippen LogP contribution in [0, 0.1) is 0 Å². The number of Topliss-reactive ketones (excluding diaryl/α,β-unsaturated/α-hetero) is 1. The van der Waals surface area contributed by atoms with E-state index in [9.17, 15) is 18.8 Å². The van der Waals surface area contributed by atoms with Crippen molar-refractivity contribution in [3.63, 3.8) is 0 Å². The molecule has 1 aromatic carbocycles. The molecular formula is C15H18FN3O3. The van der Waals surface area contributed by atoms with Crippen molar-refractivity contribution in [2.24, 2.45) is 5.73 Å². The number of anilines is 1. The summed E-state index contributed by atoms with van der Waals surface area (Å²) in [5, 5.41) is 2.66. The predicted molar refractivity (Wildman–Crippen MR) is 79.2 cm³/mol. The highest BCUT2D eigenvalue weighted by molar-refractivity contribution is 5.96. The highest BCUT2D eigenvalue weighted by Gasteiger charge is 2.43. The number of alkyl halides is 1. The molecule has 22 heavy (non-hydrogen) atoms. The first-order chi connectivity index (χ1) is 10.3. The number of nitrogens with zero attached hydrogens (tertiary/aromatic N) is 1. The van der Waals surface area contributed by atoms with Crippen molar-refractivity contribution in [1.82, 2.24) is 4.90 Å². The predicted octanol–water partition coefficient (Wildman–Crippen LogP) is 0.727. The Morgan fingerprint density at radius 2 is 1.95 bits per heavy atom. The lowest BCUT2D eigenvalue weighted by atomic mass is 10.1. The van der Waals surface area contributed by atoms with Gasteiger partial charge < -0.3 is 11.1 Å². The van der Waals surface area contributed by atoms with Crippen molar-refractivity contribution >= 4 is 23.3 Å². The normalized spacial score (nSPS) is 21.5. The minimum Gasteiger partial charge on any atom is -0.367 e. The van der Waals surface area contributed by atoms with E-state index in [-0.39, 0.29) is 31.2 Å². The van der Waals surface area contributed by atoms with Crippen LogP contribution in [0.5, 0.6) is 0 Å². The summed E-state index contributed by atoms with van der Waals surface area (Å²) in [6, 6.07) is 6.49. The second-order valence-corrected chi connectivity index (χ2v) is 5.47. The molecule has 7 heteroatoms. The molecule has 1 heterocycles. The second kappa shape index (κ2) is 6.23. The zero-order valence-electron chi connectivity index (χ0n) is 12.3. The molecule has 1 aromatic rings. The number of hydrogen-bond acceptors (Lipinski definition) is 4. The van der Waals surface area contributed by atoms with Crippen molar-refractivity contribution in [3.05, 3.63) is 29.8 Å². The van der Waals surface area contributed by atoms with Gasteiger partial charge in [0.2, 0.25) is 11.6 Å². The highest BCUT2D eigenvalue weighted by Crippen LogP contribution is 2.25. The molecule has 2 amide bonds. The van der Waals surface area contributed by atoms with Crippen molar-refractivity contribution in [3.8, 4) is 0 Å². The molecular weight excluding hydrogens is 289 g/mol. The van der Waals surface area contributed by atoms with E-state index >= 15 is 0 Å². The molecule has 1 fully saturated rings. The number of amides is 2. The minimum atomic E-state index is -2.05. The lowest BCUT2D eigenvalue weighted by Crippen LogP contribution is -2.43. The molecule has 1 aliphatic rings. The maximum Gasteiger partial charge on any atom is 0.256 e. The van der Waals surface area contributed by atoms with Crippen LogP contribution < -0.4 is 11.1 Å².